The molecule has 0 aromatic heterocycles. The van der Waals surface area contributed by atoms with Crippen molar-refractivity contribution in [2.75, 3.05) is 5.32 Å². The van der Waals surface area contributed by atoms with Crippen LogP contribution in [-0.4, -0.2) is 18.0 Å². The maximum Gasteiger partial charge on any atom is 0.318 e. The van der Waals surface area contributed by atoms with Crippen molar-refractivity contribution < 1.29 is 14.3 Å². The molecule has 5 heteroatoms. The van der Waals surface area contributed by atoms with Crippen LogP contribution in [-0.2, 0) is 14.3 Å². The van der Waals surface area contributed by atoms with E-state index in [1.807, 2.05) is 66.7 Å². The molecule has 1 amide bonds. The van der Waals surface area contributed by atoms with E-state index in [1.165, 1.54) is 6.92 Å². The average Bonchev–Trinajstić information content (AvgIpc) is 2.75. The standard InChI is InChI=1S/C24H20N2O3/c1-17(23(27)26-21-14-8-9-18(15-21)16-25)29-24(28)22(19-10-4-2-5-11-19)20-12-6-3-7-13-20/h2-15,17,22H,1H3,(H,26,27). The number of nitrogens with zero attached hydrogens (tertiary/aromatic N) is 1. The van der Waals surface area contributed by atoms with Crippen molar-refractivity contribution in [1.29, 1.82) is 5.26 Å². The number of hydrogen-bond acceptors (Lipinski definition) is 4. The van der Waals surface area contributed by atoms with Gasteiger partial charge in [-0.15, -0.1) is 0 Å². The molecular formula is C24H20N2O3. The summed E-state index contributed by atoms with van der Waals surface area (Å²) in [4.78, 5) is 25.4. The number of esters is 1. The van der Waals surface area contributed by atoms with E-state index in [0.717, 1.165) is 11.1 Å². The van der Waals surface area contributed by atoms with Crippen molar-refractivity contribution in [2.45, 2.75) is 18.9 Å². The highest BCUT2D eigenvalue weighted by Crippen LogP contribution is 2.26. The van der Waals surface area contributed by atoms with Gasteiger partial charge >= 0.3 is 5.97 Å². The molecule has 1 N–H and O–H groups in total. The Hall–Kier alpha value is -3.91. The molecule has 3 aromatic rings. The summed E-state index contributed by atoms with van der Waals surface area (Å²) in [7, 11) is 0. The minimum atomic E-state index is -0.997. The topological polar surface area (TPSA) is 79.2 Å². The van der Waals surface area contributed by atoms with Crippen molar-refractivity contribution in [3.05, 3.63) is 102 Å². The van der Waals surface area contributed by atoms with Gasteiger partial charge in [0.2, 0.25) is 0 Å². The molecule has 0 aliphatic rings. The van der Waals surface area contributed by atoms with Crippen LogP contribution < -0.4 is 5.32 Å². The Morgan fingerprint density at radius 2 is 1.48 bits per heavy atom. The molecule has 0 saturated carbocycles. The number of hydrogen-bond donors (Lipinski definition) is 1. The Morgan fingerprint density at radius 3 is 2.03 bits per heavy atom. The fourth-order valence-corrected chi connectivity index (χ4v) is 2.96. The molecule has 0 aliphatic heterocycles. The van der Waals surface area contributed by atoms with E-state index in [-0.39, 0.29) is 0 Å². The summed E-state index contributed by atoms with van der Waals surface area (Å²) >= 11 is 0. The van der Waals surface area contributed by atoms with E-state index >= 15 is 0 Å². The molecule has 29 heavy (non-hydrogen) atoms. The molecule has 0 saturated heterocycles. The highest BCUT2D eigenvalue weighted by Gasteiger charge is 2.27. The van der Waals surface area contributed by atoms with Crippen LogP contribution in [0.25, 0.3) is 0 Å². The zero-order valence-corrected chi connectivity index (χ0v) is 15.9. The van der Waals surface area contributed by atoms with Gasteiger partial charge in [-0.1, -0.05) is 66.7 Å². The summed E-state index contributed by atoms with van der Waals surface area (Å²) in [6, 6.07) is 27.2. The number of carbonyl (C=O) groups is 2. The van der Waals surface area contributed by atoms with Crippen molar-refractivity contribution in [1.82, 2.24) is 0 Å². The average molecular weight is 384 g/mol. The SMILES string of the molecule is CC(OC(=O)C(c1ccccc1)c1ccccc1)C(=O)Nc1cccc(C#N)c1. The third-order valence-corrected chi connectivity index (χ3v) is 4.42. The maximum absolute atomic E-state index is 13.0. The summed E-state index contributed by atoms with van der Waals surface area (Å²) in [5, 5.41) is 11.6. The van der Waals surface area contributed by atoms with E-state index < -0.39 is 23.9 Å². The molecule has 1 atom stereocenters. The second-order valence-electron chi connectivity index (χ2n) is 6.52. The minimum absolute atomic E-state index is 0.431. The van der Waals surface area contributed by atoms with E-state index in [0.29, 0.717) is 11.3 Å². The van der Waals surface area contributed by atoms with Gasteiger partial charge in [-0.05, 0) is 36.2 Å². The maximum atomic E-state index is 13.0. The first-order valence-corrected chi connectivity index (χ1v) is 9.20. The first kappa shape index (κ1) is 19.8. The number of nitriles is 1. The summed E-state index contributed by atoms with van der Waals surface area (Å²) < 4.78 is 5.50. The number of amides is 1. The number of anilines is 1. The van der Waals surface area contributed by atoms with Gasteiger partial charge in [0.05, 0.1) is 11.6 Å². The van der Waals surface area contributed by atoms with Gasteiger partial charge in [-0.3, -0.25) is 9.59 Å². The molecule has 144 valence electrons. The quantitative estimate of drug-likeness (QED) is 0.644. The van der Waals surface area contributed by atoms with Gasteiger partial charge in [-0.25, -0.2) is 0 Å². The lowest BCUT2D eigenvalue weighted by molar-refractivity contribution is -0.153. The zero-order chi connectivity index (χ0) is 20.6. The first-order chi connectivity index (χ1) is 14.1. The summed E-state index contributed by atoms with van der Waals surface area (Å²) in [6.07, 6.45) is -0.997. The van der Waals surface area contributed by atoms with Crippen molar-refractivity contribution >= 4 is 17.6 Å². The highest BCUT2D eigenvalue weighted by molar-refractivity contribution is 5.96. The Morgan fingerprint density at radius 1 is 0.897 bits per heavy atom. The van der Waals surface area contributed by atoms with Gasteiger partial charge in [-0.2, -0.15) is 5.26 Å². The summed E-state index contributed by atoms with van der Waals surface area (Å²) in [5.41, 5.74) is 2.48. The van der Waals surface area contributed by atoms with Gasteiger partial charge in [0.1, 0.15) is 5.92 Å². The molecule has 5 nitrogen and oxygen atoms in total. The number of benzene rings is 3. The fraction of sp³-hybridized carbons (Fsp3) is 0.125. The third-order valence-electron chi connectivity index (χ3n) is 4.42. The Balaban J connectivity index is 1.75. The Bertz CT molecular complexity index is 987. The normalized spacial score (nSPS) is 11.3. The zero-order valence-electron chi connectivity index (χ0n) is 15.9. The van der Waals surface area contributed by atoms with Crippen LogP contribution in [0, 0.1) is 11.3 Å². The minimum Gasteiger partial charge on any atom is -0.452 e. The molecule has 0 spiro atoms. The molecule has 0 fully saturated rings. The lowest BCUT2D eigenvalue weighted by atomic mass is 9.91. The highest BCUT2D eigenvalue weighted by atomic mass is 16.5. The van der Waals surface area contributed by atoms with Crippen LogP contribution in [0.2, 0.25) is 0 Å². The lowest BCUT2D eigenvalue weighted by Crippen LogP contribution is -2.32. The molecule has 0 heterocycles. The molecular weight excluding hydrogens is 364 g/mol. The molecule has 3 aromatic carbocycles. The Labute approximate surface area is 169 Å². The molecule has 3 rings (SSSR count). The largest absolute Gasteiger partial charge is 0.452 e. The Kier molecular flexibility index (Phi) is 6.39. The number of ether oxygens (including phenoxy) is 1. The van der Waals surface area contributed by atoms with E-state index in [1.54, 1.807) is 24.3 Å². The molecule has 1 unspecified atom stereocenters. The van der Waals surface area contributed by atoms with E-state index in [2.05, 4.69) is 5.32 Å². The van der Waals surface area contributed by atoms with E-state index in [9.17, 15) is 9.59 Å². The van der Waals surface area contributed by atoms with Gasteiger partial charge < -0.3 is 10.1 Å². The smallest absolute Gasteiger partial charge is 0.318 e. The second-order valence-corrected chi connectivity index (χ2v) is 6.52. The number of nitrogens with one attached hydrogen (secondary N) is 1. The van der Waals surface area contributed by atoms with Gasteiger partial charge in [0.25, 0.3) is 5.91 Å². The van der Waals surface area contributed by atoms with Gasteiger partial charge in [0, 0.05) is 5.69 Å². The van der Waals surface area contributed by atoms with Crippen LogP contribution >= 0.6 is 0 Å². The summed E-state index contributed by atoms with van der Waals surface area (Å²) in [5.74, 6) is -1.60. The molecule has 0 bridgehead atoms. The van der Waals surface area contributed by atoms with Crippen molar-refractivity contribution in [3.63, 3.8) is 0 Å². The van der Waals surface area contributed by atoms with Gasteiger partial charge in [0.15, 0.2) is 6.10 Å². The fourth-order valence-electron chi connectivity index (χ4n) is 2.96. The van der Waals surface area contributed by atoms with Crippen molar-refractivity contribution in [2.24, 2.45) is 0 Å². The van der Waals surface area contributed by atoms with Crippen LogP contribution in [0.1, 0.15) is 29.5 Å². The summed E-state index contributed by atoms with van der Waals surface area (Å²) in [6.45, 7) is 1.52. The number of carbonyl (C=O) groups excluding carboxylic acids is 2. The first-order valence-electron chi connectivity index (χ1n) is 9.20. The monoisotopic (exact) mass is 384 g/mol. The number of rotatable bonds is 6. The van der Waals surface area contributed by atoms with Crippen LogP contribution in [0.3, 0.4) is 0 Å². The van der Waals surface area contributed by atoms with Crippen LogP contribution in [0.4, 0.5) is 5.69 Å². The van der Waals surface area contributed by atoms with Crippen LogP contribution in [0.5, 0.6) is 0 Å². The van der Waals surface area contributed by atoms with Crippen molar-refractivity contribution in [3.8, 4) is 6.07 Å². The molecule has 0 aliphatic carbocycles. The molecule has 0 radical (unpaired) electrons. The van der Waals surface area contributed by atoms with Crippen LogP contribution in [0.15, 0.2) is 84.9 Å². The van der Waals surface area contributed by atoms with E-state index in [4.69, 9.17) is 10.00 Å². The second kappa shape index (κ2) is 9.34. The predicted molar refractivity (Wildman–Crippen MR) is 110 cm³/mol. The predicted octanol–water partition coefficient (Wildman–Crippen LogP) is 4.26. The third kappa shape index (κ3) is 5.08. The lowest BCUT2D eigenvalue weighted by Gasteiger charge is -2.20.